The summed E-state index contributed by atoms with van der Waals surface area (Å²) in [5.41, 5.74) is 0.566. The monoisotopic (exact) mass is 379 g/mol. The third kappa shape index (κ3) is 3.14. The molecule has 0 aliphatic carbocycles. The van der Waals surface area contributed by atoms with E-state index in [1.54, 1.807) is 13.1 Å². The Bertz CT molecular complexity index is 649. The van der Waals surface area contributed by atoms with Gasteiger partial charge in [-0.25, -0.2) is 8.78 Å². The Morgan fingerprint density at radius 2 is 1.70 bits per heavy atom. The molecular weight excluding hydrogens is 371 g/mol. The van der Waals surface area contributed by atoms with E-state index in [9.17, 15) is 8.78 Å². The van der Waals surface area contributed by atoms with Crippen molar-refractivity contribution in [1.82, 2.24) is 5.32 Å². The van der Waals surface area contributed by atoms with E-state index in [0.717, 1.165) is 0 Å². The van der Waals surface area contributed by atoms with Gasteiger partial charge in [0.05, 0.1) is 11.1 Å². The normalized spacial score (nSPS) is 12.5. The van der Waals surface area contributed by atoms with E-state index in [1.165, 1.54) is 24.3 Å². The second-order valence-corrected chi connectivity index (χ2v) is 5.87. The first-order chi connectivity index (χ1) is 9.43. The lowest BCUT2D eigenvalue weighted by Gasteiger charge is -2.19. The highest BCUT2D eigenvalue weighted by Gasteiger charge is 2.21. The molecule has 2 aromatic carbocycles. The van der Waals surface area contributed by atoms with Crippen LogP contribution in [0.25, 0.3) is 0 Å². The zero-order valence-corrected chi connectivity index (χ0v) is 13.5. The highest BCUT2D eigenvalue weighted by atomic mass is 79.9. The van der Waals surface area contributed by atoms with Crippen LogP contribution in [0.1, 0.15) is 17.2 Å². The summed E-state index contributed by atoms with van der Waals surface area (Å²) >= 11 is 14.9. The third-order valence-electron chi connectivity index (χ3n) is 2.91. The van der Waals surface area contributed by atoms with E-state index < -0.39 is 17.7 Å². The fraction of sp³-hybridized carbons (Fsp3) is 0.143. The molecular formula is C14H10BrCl2F2N. The van der Waals surface area contributed by atoms with Crippen LogP contribution in [-0.2, 0) is 0 Å². The number of hydrogen-bond acceptors (Lipinski definition) is 1. The first kappa shape index (κ1) is 15.7. The van der Waals surface area contributed by atoms with Crippen molar-refractivity contribution in [3.05, 3.63) is 67.6 Å². The largest absolute Gasteiger partial charge is 0.309 e. The van der Waals surface area contributed by atoms with Gasteiger partial charge in [0.15, 0.2) is 0 Å². The molecule has 6 heteroatoms. The SMILES string of the molecule is CNC(c1ccc(Cl)cc1F)c1cc(Cl)c(Br)cc1F. The molecule has 0 aromatic heterocycles. The van der Waals surface area contributed by atoms with Crippen molar-refractivity contribution >= 4 is 39.1 Å². The maximum absolute atomic E-state index is 14.1. The molecule has 0 spiro atoms. The Morgan fingerprint density at radius 3 is 2.30 bits per heavy atom. The molecule has 0 aliphatic rings. The quantitative estimate of drug-likeness (QED) is 0.708. The average molecular weight is 381 g/mol. The molecule has 0 saturated heterocycles. The average Bonchev–Trinajstić information content (AvgIpc) is 2.38. The molecule has 0 fully saturated rings. The summed E-state index contributed by atoms with van der Waals surface area (Å²) in [4.78, 5) is 0. The first-order valence-corrected chi connectivity index (χ1v) is 7.25. The molecule has 0 saturated carbocycles. The van der Waals surface area contributed by atoms with Crippen LogP contribution in [0.3, 0.4) is 0 Å². The van der Waals surface area contributed by atoms with Gasteiger partial charge in [0.1, 0.15) is 11.6 Å². The molecule has 1 atom stereocenters. The smallest absolute Gasteiger partial charge is 0.129 e. The highest BCUT2D eigenvalue weighted by Crippen LogP contribution is 2.32. The van der Waals surface area contributed by atoms with Crippen LogP contribution in [0.5, 0.6) is 0 Å². The van der Waals surface area contributed by atoms with Gasteiger partial charge in [-0.15, -0.1) is 0 Å². The van der Waals surface area contributed by atoms with E-state index in [4.69, 9.17) is 23.2 Å². The number of halogens is 5. The lowest BCUT2D eigenvalue weighted by molar-refractivity contribution is 0.546. The summed E-state index contributed by atoms with van der Waals surface area (Å²) < 4.78 is 28.5. The van der Waals surface area contributed by atoms with Crippen molar-refractivity contribution < 1.29 is 8.78 Å². The summed E-state index contributed by atoms with van der Waals surface area (Å²) in [5, 5.41) is 3.53. The van der Waals surface area contributed by atoms with Crippen LogP contribution in [0.15, 0.2) is 34.8 Å². The molecule has 0 heterocycles. The van der Waals surface area contributed by atoms with Crippen molar-refractivity contribution in [3.63, 3.8) is 0 Å². The summed E-state index contributed by atoms with van der Waals surface area (Å²) in [5.74, 6) is -0.981. The van der Waals surface area contributed by atoms with Crippen LogP contribution in [0.2, 0.25) is 10.0 Å². The molecule has 1 unspecified atom stereocenters. The van der Waals surface area contributed by atoms with Crippen LogP contribution in [-0.4, -0.2) is 7.05 Å². The maximum Gasteiger partial charge on any atom is 0.129 e. The van der Waals surface area contributed by atoms with Gasteiger partial charge in [-0.1, -0.05) is 29.3 Å². The van der Waals surface area contributed by atoms with Crippen LogP contribution in [0, 0.1) is 11.6 Å². The Labute approximate surface area is 134 Å². The number of benzene rings is 2. The van der Waals surface area contributed by atoms with Crippen LogP contribution in [0.4, 0.5) is 8.78 Å². The standard InChI is InChI=1S/C14H10BrCl2F2N/c1-20-14(8-3-2-7(16)4-12(8)18)9-5-11(17)10(15)6-13(9)19/h2-6,14,20H,1H3. The third-order valence-corrected chi connectivity index (χ3v) is 4.34. The Morgan fingerprint density at radius 1 is 1.05 bits per heavy atom. The van der Waals surface area contributed by atoms with Crippen molar-refractivity contribution in [2.75, 3.05) is 7.05 Å². The van der Waals surface area contributed by atoms with Gasteiger partial charge < -0.3 is 5.32 Å². The number of hydrogen-bond donors (Lipinski definition) is 1. The Kier molecular flexibility index (Phi) is 5.02. The maximum atomic E-state index is 14.1. The minimum atomic E-state index is -0.655. The summed E-state index contributed by atoms with van der Waals surface area (Å²) in [7, 11) is 1.62. The predicted octanol–water partition coefficient (Wildman–Crippen LogP) is 5.34. The van der Waals surface area contributed by atoms with E-state index in [-0.39, 0.29) is 10.6 Å². The van der Waals surface area contributed by atoms with Crippen molar-refractivity contribution in [1.29, 1.82) is 0 Å². The van der Waals surface area contributed by atoms with Gasteiger partial charge in [0.25, 0.3) is 0 Å². The fourth-order valence-corrected chi connectivity index (χ4v) is 2.62. The zero-order valence-electron chi connectivity index (χ0n) is 10.4. The van der Waals surface area contributed by atoms with Crippen molar-refractivity contribution in [2.24, 2.45) is 0 Å². The molecule has 106 valence electrons. The lowest BCUT2D eigenvalue weighted by Crippen LogP contribution is -2.20. The van der Waals surface area contributed by atoms with Crippen molar-refractivity contribution in [3.8, 4) is 0 Å². The van der Waals surface area contributed by atoms with E-state index in [2.05, 4.69) is 21.2 Å². The molecule has 0 bridgehead atoms. The molecule has 1 nitrogen and oxygen atoms in total. The highest BCUT2D eigenvalue weighted by molar-refractivity contribution is 9.10. The summed E-state index contributed by atoms with van der Waals surface area (Å²) in [6.45, 7) is 0. The molecule has 2 rings (SSSR count). The van der Waals surface area contributed by atoms with Gasteiger partial charge >= 0.3 is 0 Å². The summed E-state index contributed by atoms with van der Waals surface area (Å²) in [6.07, 6.45) is 0. The molecule has 0 aliphatic heterocycles. The second kappa shape index (κ2) is 6.39. The molecule has 0 amide bonds. The van der Waals surface area contributed by atoms with Crippen molar-refractivity contribution in [2.45, 2.75) is 6.04 Å². The van der Waals surface area contributed by atoms with Crippen LogP contribution >= 0.6 is 39.1 Å². The molecule has 0 radical (unpaired) electrons. The molecule has 20 heavy (non-hydrogen) atoms. The lowest BCUT2D eigenvalue weighted by atomic mass is 9.98. The Hall–Kier alpha value is -0.680. The number of nitrogens with one attached hydrogen (secondary N) is 1. The first-order valence-electron chi connectivity index (χ1n) is 5.70. The Balaban J connectivity index is 2.55. The molecule has 1 N–H and O–H groups in total. The fourth-order valence-electron chi connectivity index (χ4n) is 1.97. The van der Waals surface area contributed by atoms with Gasteiger partial charge in [0, 0.05) is 20.6 Å². The summed E-state index contributed by atoms with van der Waals surface area (Å²) in [6, 6.07) is 6.35. The van der Waals surface area contributed by atoms with Gasteiger partial charge in [-0.3, -0.25) is 0 Å². The van der Waals surface area contributed by atoms with E-state index in [1.807, 2.05) is 0 Å². The van der Waals surface area contributed by atoms with E-state index in [0.29, 0.717) is 15.1 Å². The molecule has 2 aromatic rings. The number of rotatable bonds is 3. The minimum Gasteiger partial charge on any atom is -0.309 e. The zero-order chi connectivity index (χ0) is 14.9. The van der Waals surface area contributed by atoms with Gasteiger partial charge in [-0.2, -0.15) is 0 Å². The second-order valence-electron chi connectivity index (χ2n) is 4.18. The topological polar surface area (TPSA) is 12.0 Å². The van der Waals surface area contributed by atoms with Gasteiger partial charge in [-0.05, 0) is 47.2 Å². The van der Waals surface area contributed by atoms with Crippen LogP contribution < -0.4 is 5.32 Å². The van der Waals surface area contributed by atoms with Gasteiger partial charge in [0.2, 0.25) is 0 Å². The van der Waals surface area contributed by atoms with E-state index >= 15 is 0 Å². The minimum absolute atomic E-state index is 0.266. The predicted molar refractivity (Wildman–Crippen MR) is 81.4 cm³/mol.